The second kappa shape index (κ2) is 6.35. The minimum absolute atomic E-state index is 0.776. The number of benzene rings is 2. The highest BCUT2D eigenvalue weighted by molar-refractivity contribution is 5.22. The van der Waals surface area contributed by atoms with Crippen molar-refractivity contribution >= 4 is 0 Å². The zero-order valence-corrected chi connectivity index (χ0v) is 12.2. The van der Waals surface area contributed by atoms with Gasteiger partial charge in [0.05, 0.1) is 12.2 Å². The lowest BCUT2D eigenvalue weighted by Gasteiger charge is -2.00. The Morgan fingerprint density at radius 3 is 2.38 bits per heavy atom. The highest BCUT2D eigenvalue weighted by Crippen LogP contribution is 2.08. The maximum absolute atomic E-state index is 4.26. The second-order valence-electron chi connectivity index (χ2n) is 5.38. The van der Waals surface area contributed by atoms with Gasteiger partial charge in [-0.2, -0.15) is 0 Å². The van der Waals surface area contributed by atoms with Crippen LogP contribution in [-0.4, -0.2) is 15.0 Å². The van der Waals surface area contributed by atoms with Gasteiger partial charge in [0.15, 0.2) is 0 Å². The van der Waals surface area contributed by atoms with Gasteiger partial charge in [-0.25, -0.2) is 4.68 Å². The molecule has 3 heteroatoms. The number of aryl methyl sites for hydroxylation is 3. The normalized spacial score (nSPS) is 10.7. The third kappa shape index (κ3) is 3.78. The molecule has 0 unspecified atom stereocenters. The Morgan fingerprint density at radius 2 is 1.62 bits per heavy atom. The molecule has 1 aromatic heterocycles. The third-order valence-electron chi connectivity index (χ3n) is 3.56. The summed E-state index contributed by atoms with van der Waals surface area (Å²) in [6, 6.07) is 19.0. The molecule has 106 valence electrons. The molecule has 3 nitrogen and oxygen atoms in total. The number of rotatable bonds is 5. The molecule has 3 aromatic rings. The van der Waals surface area contributed by atoms with E-state index >= 15 is 0 Å². The molecule has 21 heavy (non-hydrogen) atoms. The van der Waals surface area contributed by atoms with Crippen LogP contribution in [0.4, 0.5) is 0 Å². The first-order chi connectivity index (χ1) is 10.3. The van der Waals surface area contributed by atoms with Crippen molar-refractivity contribution in [2.45, 2.75) is 26.3 Å². The maximum Gasteiger partial charge on any atom is 0.0830 e. The van der Waals surface area contributed by atoms with Gasteiger partial charge in [0, 0.05) is 6.20 Å². The van der Waals surface area contributed by atoms with Crippen molar-refractivity contribution in [2.75, 3.05) is 0 Å². The van der Waals surface area contributed by atoms with Gasteiger partial charge in [0.2, 0.25) is 0 Å². The molecule has 0 N–H and O–H groups in total. The van der Waals surface area contributed by atoms with E-state index in [0.29, 0.717) is 0 Å². The lowest BCUT2D eigenvalue weighted by atomic mass is 10.1. The van der Waals surface area contributed by atoms with E-state index in [4.69, 9.17) is 0 Å². The van der Waals surface area contributed by atoms with Crippen LogP contribution in [0.15, 0.2) is 60.8 Å². The quantitative estimate of drug-likeness (QED) is 0.715. The Labute approximate surface area is 125 Å². The van der Waals surface area contributed by atoms with E-state index in [1.165, 1.54) is 16.7 Å². The molecule has 0 amide bonds. The van der Waals surface area contributed by atoms with Crippen molar-refractivity contribution in [3.63, 3.8) is 0 Å². The molecule has 0 saturated heterocycles. The van der Waals surface area contributed by atoms with Gasteiger partial charge in [0.25, 0.3) is 0 Å². The molecule has 0 fully saturated rings. The highest BCUT2D eigenvalue weighted by Gasteiger charge is 2.02. The van der Waals surface area contributed by atoms with Gasteiger partial charge >= 0.3 is 0 Å². The summed E-state index contributed by atoms with van der Waals surface area (Å²) in [7, 11) is 0. The molecular formula is C18H19N3. The van der Waals surface area contributed by atoms with Gasteiger partial charge in [-0.3, -0.25) is 0 Å². The SMILES string of the molecule is Cc1ccc(CCc2cn(Cc3ccccc3)nn2)cc1. The van der Waals surface area contributed by atoms with Gasteiger partial charge < -0.3 is 0 Å². The average molecular weight is 277 g/mol. The lowest BCUT2D eigenvalue weighted by molar-refractivity contribution is 0.649. The Kier molecular flexibility index (Phi) is 4.10. The monoisotopic (exact) mass is 277 g/mol. The van der Waals surface area contributed by atoms with Crippen LogP contribution in [0.3, 0.4) is 0 Å². The summed E-state index contributed by atoms with van der Waals surface area (Å²) in [5.74, 6) is 0. The fourth-order valence-corrected chi connectivity index (χ4v) is 2.33. The minimum Gasteiger partial charge on any atom is -0.248 e. The molecule has 2 aromatic carbocycles. The van der Waals surface area contributed by atoms with E-state index in [2.05, 4.69) is 53.6 Å². The predicted octanol–water partition coefficient (Wildman–Crippen LogP) is 3.42. The summed E-state index contributed by atoms with van der Waals surface area (Å²) in [6.45, 7) is 2.89. The zero-order valence-electron chi connectivity index (χ0n) is 12.2. The number of hydrogen-bond acceptors (Lipinski definition) is 2. The summed E-state index contributed by atoms with van der Waals surface area (Å²) in [5.41, 5.74) is 4.93. The molecule has 0 spiro atoms. The van der Waals surface area contributed by atoms with Crippen LogP contribution < -0.4 is 0 Å². The first kappa shape index (κ1) is 13.6. The van der Waals surface area contributed by atoms with Gasteiger partial charge in [-0.05, 0) is 30.9 Å². The number of nitrogens with zero attached hydrogens (tertiary/aromatic N) is 3. The van der Waals surface area contributed by atoms with Crippen molar-refractivity contribution in [3.05, 3.63) is 83.2 Å². The van der Waals surface area contributed by atoms with Crippen LogP contribution in [0.1, 0.15) is 22.4 Å². The molecule has 0 atom stereocenters. The third-order valence-corrected chi connectivity index (χ3v) is 3.56. The van der Waals surface area contributed by atoms with Crippen molar-refractivity contribution in [1.29, 1.82) is 0 Å². The number of aromatic nitrogens is 3. The van der Waals surface area contributed by atoms with Gasteiger partial charge in [-0.15, -0.1) is 5.10 Å². The molecule has 0 aliphatic rings. The van der Waals surface area contributed by atoms with Crippen LogP contribution in [0.25, 0.3) is 0 Å². The van der Waals surface area contributed by atoms with E-state index in [0.717, 1.165) is 25.1 Å². The average Bonchev–Trinajstić information content (AvgIpc) is 2.95. The first-order valence-corrected chi connectivity index (χ1v) is 7.28. The predicted molar refractivity (Wildman–Crippen MR) is 84.2 cm³/mol. The Bertz CT molecular complexity index is 684. The molecule has 0 saturated carbocycles. The fraction of sp³-hybridized carbons (Fsp3) is 0.222. The lowest BCUT2D eigenvalue weighted by Crippen LogP contribution is -1.99. The molecule has 0 bridgehead atoms. The van der Waals surface area contributed by atoms with E-state index in [9.17, 15) is 0 Å². The molecule has 0 aliphatic carbocycles. The van der Waals surface area contributed by atoms with Crippen LogP contribution >= 0.6 is 0 Å². The second-order valence-corrected chi connectivity index (χ2v) is 5.38. The molecule has 0 radical (unpaired) electrons. The van der Waals surface area contributed by atoms with Gasteiger partial charge in [-0.1, -0.05) is 65.4 Å². The summed E-state index contributed by atoms with van der Waals surface area (Å²) in [6.07, 6.45) is 3.98. The van der Waals surface area contributed by atoms with Crippen LogP contribution in [0.2, 0.25) is 0 Å². The topological polar surface area (TPSA) is 30.7 Å². The van der Waals surface area contributed by atoms with Crippen molar-refractivity contribution in [1.82, 2.24) is 15.0 Å². The first-order valence-electron chi connectivity index (χ1n) is 7.28. The molecule has 1 heterocycles. The summed E-state index contributed by atoms with van der Waals surface area (Å²) >= 11 is 0. The summed E-state index contributed by atoms with van der Waals surface area (Å²) in [5, 5.41) is 8.46. The van der Waals surface area contributed by atoms with Crippen LogP contribution in [0.5, 0.6) is 0 Å². The Balaban J connectivity index is 1.59. The van der Waals surface area contributed by atoms with Crippen molar-refractivity contribution in [3.8, 4) is 0 Å². The molecule has 0 aliphatic heterocycles. The number of hydrogen-bond donors (Lipinski definition) is 0. The standard InChI is InChI=1S/C18H19N3/c1-15-7-9-16(10-8-15)11-12-18-14-21(20-19-18)13-17-5-3-2-4-6-17/h2-10,14H,11-13H2,1H3. The largest absolute Gasteiger partial charge is 0.248 e. The van der Waals surface area contributed by atoms with Gasteiger partial charge in [0.1, 0.15) is 0 Å². The maximum atomic E-state index is 4.26. The summed E-state index contributed by atoms with van der Waals surface area (Å²) < 4.78 is 1.90. The minimum atomic E-state index is 0.776. The van der Waals surface area contributed by atoms with Crippen LogP contribution in [-0.2, 0) is 19.4 Å². The summed E-state index contributed by atoms with van der Waals surface area (Å²) in [4.78, 5) is 0. The van der Waals surface area contributed by atoms with Crippen molar-refractivity contribution in [2.24, 2.45) is 0 Å². The highest BCUT2D eigenvalue weighted by atomic mass is 15.4. The van der Waals surface area contributed by atoms with E-state index in [1.54, 1.807) is 0 Å². The Hall–Kier alpha value is -2.42. The smallest absolute Gasteiger partial charge is 0.0830 e. The molecular weight excluding hydrogens is 258 g/mol. The van der Waals surface area contributed by atoms with E-state index in [-0.39, 0.29) is 0 Å². The van der Waals surface area contributed by atoms with E-state index in [1.807, 2.05) is 29.1 Å². The van der Waals surface area contributed by atoms with Crippen LogP contribution in [0, 0.1) is 6.92 Å². The molecule has 3 rings (SSSR count). The fourth-order valence-electron chi connectivity index (χ4n) is 2.33. The van der Waals surface area contributed by atoms with Crippen molar-refractivity contribution < 1.29 is 0 Å². The Morgan fingerprint density at radius 1 is 0.857 bits per heavy atom. The zero-order chi connectivity index (χ0) is 14.5. The van der Waals surface area contributed by atoms with E-state index < -0.39 is 0 Å².